The van der Waals surface area contributed by atoms with E-state index in [1.807, 2.05) is 0 Å². The van der Waals surface area contributed by atoms with Gasteiger partial charge < -0.3 is 4.74 Å². The number of hydrogen-bond acceptors (Lipinski definition) is 2. The SMILES string of the molecule is CC(C)c1ccc(OCC(CS)C(C)C)cc1. The van der Waals surface area contributed by atoms with Gasteiger partial charge in [-0.15, -0.1) is 0 Å². The van der Waals surface area contributed by atoms with Gasteiger partial charge in [0, 0.05) is 5.92 Å². The summed E-state index contributed by atoms with van der Waals surface area (Å²) >= 11 is 4.36. The van der Waals surface area contributed by atoms with Crippen molar-refractivity contribution in [2.24, 2.45) is 11.8 Å². The Kier molecular flexibility index (Phi) is 5.90. The summed E-state index contributed by atoms with van der Waals surface area (Å²) in [5, 5.41) is 0. The zero-order valence-corrected chi connectivity index (χ0v) is 12.2. The summed E-state index contributed by atoms with van der Waals surface area (Å²) in [5.74, 6) is 3.54. The standard InChI is InChI=1S/C15H24OS/c1-11(2)13-5-7-15(8-6-13)16-9-14(10-17)12(3)4/h5-8,11-12,14,17H,9-10H2,1-4H3. The van der Waals surface area contributed by atoms with Crippen LogP contribution < -0.4 is 4.74 Å². The van der Waals surface area contributed by atoms with Crippen molar-refractivity contribution in [1.29, 1.82) is 0 Å². The molecule has 0 bridgehead atoms. The van der Waals surface area contributed by atoms with Gasteiger partial charge in [-0.3, -0.25) is 0 Å². The van der Waals surface area contributed by atoms with Crippen molar-refractivity contribution in [1.82, 2.24) is 0 Å². The van der Waals surface area contributed by atoms with Crippen molar-refractivity contribution >= 4 is 12.6 Å². The second-order valence-corrected chi connectivity index (χ2v) is 5.59. The minimum absolute atomic E-state index is 0.517. The van der Waals surface area contributed by atoms with Gasteiger partial charge >= 0.3 is 0 Å². The van der Waals surface area contributed by atoms with Gasteiger partial charge in [0.2, 0.25) is 0 Å². The van der Waals surface area contributed by atoms with E-state index < -0.39 is 0 Å². The summed E-state index contributed by atoms with van der Waals surface area (Å²) in [4.78, 5) is 0. The minimum Gasteiger partial charge on any atom is -0.493 e. The summed E-state index contributed by atoms with van der Waals surface area (Å²) in [7, 11) is 0. The lowest BCUT2D eigenvalue weighted by Gasteiger charge is -2.19. The fourth-order valence-corrected chi connectivity index (χ4v) is 2.14. The molecule has 0 heterocycles. The molecule has 0 aromatic heterocycles. The summed E-state index contributed by atoms with van der Waals surface area (Å²) in [6.45, 7) is 9.58. The van der Waals surface area contributed by atoms with Crippen LogP contribution >= 0.6 is 12.6 Å². The Morgan fingerprint density at radius 2 is 1.65 bits per heavy atom. The van der Waals surface area contributed by atoms with E-state index >= 15 is 0 Å². The van der Waals surface area contributed by atoms with Crippen LogP contribution in [0.4, 0.5) is 0 Å². The molecule has 0 spiro atoms. The molecule has 0 saturated heterocycles. The molecule has 2 heteroatoms. The summed E-state index contributed by atoms with van der Waals surface area (Å²) in [6, 6.07) is 8.41. The Morgan fingerprint density at radius 3 is 2.06 bits per heavy atom. The number of benzene rings is 1. The van der Waals surface area contributed by atoms with Crippen LogP contribution in [0.3, 0.4) is 0 Å². The van der Waals surface area contributed by atoms with Crippen LogP contribution in [0.1, 0.15) is 39.2 Å². The maximum atomic E-state index is 5.81. The van der Waals surface area contributed by atoms with Crippen molar-refractivity contribution in [3.05, 3.63) is 29.8 Å². The number of ether oxygens (including phenoxy) is 1. The second kappa shape index (κ2) is 6.95. The largest absolute Gasteiger partial charge is 0.493 e. The highest BCUT2D eigenvalue weighted by Crippen LogP contribution is 2.20. The van der Waals surface area contributed by atoms with E-state index in [1.165, 1.54) is 5.56 Å². The average Bonchev–Trinajstić information content (AvgIpc) is 2.30. The normalized spacial score (nSPS) is 13.1. The first-order valence-corrected chi connectivity index (χ1v) is 7.01. The fourth-order valence-electron chi connectivity index (χ4n) is 1.61. The van der Waals surface area contributed by atoms with Gasteiger partial charge in [-0.2, -0.15) is 12.6 Å². The van der Waals surface area contributed by atoms with Gasteiger partial charge in [0.1, 0.15) is 5.75 Å². The highest BCUT2D eigenvalue weighted by atomic mass is 32.1. The molecule has 1 unspecified atom stereocenters. The first-order chi connectivity index (χ1) is 8.04. The van der Waals surface area contributed by atoms with Crippen LogP contribution in [0.5, 0.6) is 5.75 Å². The molecule has 17 heavy (non-hydrogen) atoms. The van der Waals surface area contributed by atoms with Crippen molar-refractivity contribution in [3.63, 3.8) is 0 Å². The Labute approximate surface area is 111 Å². The van der Waals surface area contributed by atoms with E-state index in [0.29, 0.717) is 17.8 Å². The molecular weight excluding hydrogens is 228 g/mol. The van der Waals surface area contributed by atoms with Crippen LogP contribution in [-0.4, -0.2) is 12.4 Å². The Hall–Kier alpha value is -0.630. The second-order valence-electron chi connectivity index (χ2n) is 5.22. The van der Waals surface area contributed by atoms with E-state index in [9.17, 15) is 0 Å². The Morgan fingerprint density at radius 1 is 1.06 bits per heavy atom. The molecule has 0 aliphatic carbocycles. The molecule has 1 aromatic rings. The predicted octanol–water partition coefficient (Wildman–Crippen LogP) is 4.39. The zero-order chi connectivity index (χ0) is 12.8. The Balaban J connectivity index is 2.52. The lowest BCUT2D eigenvalue weighted by molar-refractivity contribution is 0.227. The third kappa shape index (κ3) is 4.63. The fraction of sp³-hybridized carbons (Fsp3) is 0.600. The molecule has 0 aliphatic rings. The van der Waals surface area contributed by atoms with Crippen molar-refractivity contribution < 1.29 is 4.74 Å². The average molecular weight is 252 g/mol. The molecule has 1 nitrogen and oxygen atoms in total. The van der Waals surface area contributed by atoms with Gasteiger partial charge in [-0.05, 0) is 35.3 Å². The summed E-state index contributed by atoms with van der Waals surface area (Å²) in [6.07, 6.45) is 0. The van der Waals surface area contributed by atoms with Crippen LogP contribution in [0.15, 0.2) is 24.3 Å². The van der Waals surface area contributed by atoms with Crippen LogP contribution in [-0.2, 0) is 0 Å². The van der Waals surface area contributed by atoms with Crippen LogP contribution in [0, 0.1) is 11.8 Å². The summed E-state index contributed by atoms with van der Waals surface area (Å²) < 4.78 is 5.81. The predicted molar refractivity (Wildman–Crippen MR) is 78.2 cm³/mol. The monoisotopic (exact) mass is 252 g/mol. The van der Waals surface area contributed by atoms with Crippen LogP contribution in [0.2, 0.25) is 0 Å². The van der Waals surface area contributed by atoms with Gasteiger partial charge in [-0.1, -0.05) is 39.8 Å². The van der Waals surface area contributed by atoms with E-state index in [4.69, 9.17) is 4.74 Å². The minimum atomic E-state index is 0.517. The molecule has 96 valence electrons. The lowest BCUT2D eigenvalue weighted by Crippen LogP contribution is -2.19. The van der Waals surface area contributed by atoms with Gasteiger partial charge in [0.05, 0.1) is 6.61 Å². The lowest BCUT2D eigenvalue weighted by atomic mass is 9.99. The van der Waals surface area contributed by atoms with Crippen LogP contribution in [0.25, 0.3) is 0 Å². The van der Waals surface area contributed by atoms with E-state index in [1.54, 1.807) is 0 Å². The topological polar surface area (TPSA) is 9.23 Å². The third-order valence-electron chi connectivity index (χ3n) is 3.19. The molecule has 0 amide bonds. The first-order valence-electron chi connectivity index (χ1n) is 6.38. The summed E-state index contributed by atoms with van der Waals surface area (Å²) in [5.41, 5.74) is 1.35. The van der Waals surface area contributed by atoms with E-state index in [2.05, 4.69) is 64.6 Å². The number of hydrogen-bond donors (Lipinski definition) is 1. The quantitative estimate of drug-likeness (QED) is 0.739. The Bertz CT molecular complexity index is 316. The molecule has 1 atom stereocenters. The maximum absolute atomic E-state index is 5.81. The van der Waals surface area contributed by atoms with E-state index in [0.717, 1.165) is 18.1 Å². The molecule has 1 aromatic carbocycles. The molecule has 0 radical (unpaired) electrons. The molecule has 0 N–H and O–H groups in total. The van der Waals surface area contributed by atoms with Gasteiger partial charge in [0.25, 0.3) is 0 Å². The maximum Gasteiger partial charge on any atom is 0.119 e. The molecule has 1 rings (SSSR count). The first kappa shape index (κ1) is 14.4. The highest BCUT2D eigenvalue weighted by molar-refractivity contribution is 7.80. The molecular formula is C15H24OS. The van der Waals surface area contributed by atoms with Crippen molar-refractivity contribution in [2.45, 2.75) is 33.6 Å². The molecule has 0 fully saturated rings. The zero-order valence-electron chi connectivity index (χ0n) is 11.3. The number of rotatable bonds is 6. The van der Waals surface area contributed by atoms with Crippen molar-refractivity contribution in [2.75, 3.05) is 12.4 Å². The number of thiol groups is 1. The van der Waals surface area contributed by atoms with E-state index in [-0.39, 0.29) is 0 Å². The van der Waals surface area contributed by atoms with Gasteiger partial charge in [0.15, 0.2) is 0 Å². The van der Waals surface area contributed by atoms with Crippen molar-refractivity contribution in [3.8, 4) is 5.75 Å². The highest BCUT2D eigenvalue weighted by Gasteiger charge is 2.12. The third-order valence-corrected chi connectivity index (χ3v) is 3.66. The molecule has 0 aliphatic heterocycles. The van der Waals surface area contributed by atoms with Gasteiger partial charge in [-0.25, -0.2) is 0 Å². The smallest absolute Gasteiger partial charge is 0.119 e. The molecule has 0 saturated carbocycles.